The summed E-state index contributed by atoms with van der Waals surface area (Å²) in [5.74, 6) is -1.11. The van der Waals surface area contributed by atoms with Gasteiger partial charge in [0.05, 0.1) is 5.69 Å². The van der Waals surface area contributed by atoms with E-state index in [-0.39, 0.29) is 6.42 Å². The van der Waals surface area contributed by atoms with E-state index in [0.717, 1.165) is 11.3 Å². The molecule has 0 saturated carbocycles. The number of carboxylic acids is 1. The maximum Gasteiger partial charge on any atom is 0.408 e. The van der Waals surface area contributed by atoms with Gasteiger partial charge in [0.2, 0.25) is 0 Å². The molecule has 1 rings (SSSR count). The predicted molar refractivity (Wildman–Crippen MR) is 72.4 cm³/mol. The fraction of sp³-hybridized carbons (Fsp3) is 0.615. The Balaban J connectivity index is 2.73. The summed E-state index contributed by atoms with van der Waals surface area (Å²) in [5.41, 5.74) is 0.845. The Labute approximate surface area is 117 Å². The summed E-state index contributed by atoms with van der Waals surface area (Å²) in [4.78, 5) is 22.9. The highest BCUT2D eigenvalue weighted by molar-refractivity contribution is 5.80. The number of rotatable bonds is 4. The molecule has 0 fully saturated rings. The van der Waals surface area contributed by atoms with E-state index in [1.165, 1.54) is 0 Å². The van der Waals surface area contributed by atoms with Crippen molar-refractivity contribution in [3.05, 3.63) is 17.5 Å². The number of ether oxygens (including phenoxy) is 1. The molecule has 0 radical (unpaired) electrons. The molecule has 1 heterocycles. The number of nitrogens with one attached hydrogen (secondary N) is 1. The van der Waals surface area contributed by atoms with E-state index in [1.54, 1.807) is 45.6 Å². The van der Waals surface area contributed by atoms with Crippen molar-refractivity contribution in [2.45, 2.75) is 45.8 Å². The summed E-state index contributed by atoms with van der Waals surface area (Å²) in [5, 5.41) is 15.7. The van der Waals surface area contributed by atoms with Gasteiger partial charge in [0, 0.05) is 19.7 Å². The smallest absolute Gasteiger partial charge is 0.408 e. The van der Waals surface area contributed by atoms with E-state index in [0.29, 0.717) is 0 Å². The van der Waals surface area contributed by atoms with Crippen molar-refractivity contribution in [2.24, 2.45) is 7.05 Å². The van der Waals surface area contributed by atoms with Crippen molar-refractivity contribution in [1.29, 1.82) is 0 Å². The van der Waals surface area contributed by atoms with Crippen LogP contribution in [0.4, 0.5) is 4.79 Å². The number of carbonyl (C=O) groups is 2. The van der Waals surface area contributed by atoms with Crippen LogP contribution in [-0.2, 0) is 23.0 Å². The van der Waals surface area contributed by atoms with E-state index >= 15 is 0 Å². The number of aromatic nitrogens is 2. The molecular weight excluding hydrogens is 262 g/mol. The molecule has 0 aliphatic heterocycles. The van der Waals surface area contributed by atoms with Crippen LogP contribution in [0.2, 0.25) is 0 Å². The molecule has 1 aromatic rings. The first-order chi connectivity index (χ1) is 9.08. The fourth-order valence-corrected chi connectivity index (χ4v) is 1.72. The van der Waals surface area contributed by atoms with Crippen LogP contribution in [0, 0.1) is 6.92 Å². The van der Waals surface area contributed by atoms with Crippen LogP contribution in [0.25, 0.3) is 0 Å². The average Bonchev–Trinajstić information content (AvgIpc) is 2.53. The second kappa shape index (κ2) is 5.94. The molecule has 1 aromatic heterocycles. The van der Waals surface area contributed by atoms with Gasteiger partial charge in [-0.3, -0.25) is 4.68 Å². The summed E-state index contributed by atoms with van der Waals surface area (Å²) < 4.78 is 6.67. The Hall–Kier alpha value is -2.05. The van der Waals surface area contributed by atoms with Crippen molar-refractivity contribution >= 4 is 12.1 Å². The normalized spacial score (nSPS) is 12.8. The Morgan fingerprint density at radius 2 is 2.10 bits per heavy atom. The van der Waals surface area contributed by atoms with Gasteiger partial charge in [-0.25, -0.2) is 9.59 Å². The van der Waals surface area contributed by atoms with Crippen LogP contribution < -0.4 is 5.32 Å². The fourth-order valence-electron chi connectivity index (χ4n) is 1.72. The lowest BCUT2D eigenvalue weighted by atomic mass is 10.1. The number of carboxylic acid groups (broad SMARTS) is 1. The van der Waals surface area contributed by atoms with Gasteiger partial charge in [-0.1, -0.05) is 0 Å². The number of nitrogens with zero attached hydrogens (tertiary/aromatic N) is 2. The van der Waals surface area contributed by atoms with Gasteiger partial charge in [-0.05, 0) is 33.3 Å². The number of aryl methyl sites for hydroxylation is 2. The third-order valence-corrected chi connectivity index (χ3v) is 2.53. The van der Waals surface area contributed by atoms with Crippen LogP contribution in [0.5, 0.6) is 0 Å². The second-order valence-corrected chi connectivity index (χ2v) is 5.65. The highest BCUT2D eigenvalue weighted by Crippen LogP contribution is 2.10. The molecule has 0 spiro atoms. The van der Waals surface area contributed by atoms with Gasteiger partial charge in [-0.15, -0.1) is 0 Å². The lowest BCUT2D eigenvalue weighted by Gasteiger charge is -2.21. The van der Waals surface area contributed by atoms with Gasteiger partial charge >= 0.3 is 12.1 Å². The van der Waals surface area contributed by atoms with E-state index in [4.69, 9.17) is 4.74 Å². The lowest BCUT2D eigenvalue weighted by Crippen LogP contribution is -2.44. The SMILES string of the molecule is Cc1nn(C)cc1CC(NC(=O)OC(C)(C)C)C(=O)O. The molecule has 2 N–H and O–H groups in total. The quantitative estimate of drug-likeness (QED) is 0.867. The zero-order chi connectivity index (χ0) is 15.5. The molecule has 0 aliphatic rings. The number of hydrogen-bond donors (Lipinski definition) is 2. The summed E-state index contributed by atoms with van der Waals surface area (Å²) >= 11 is 0. The van der Waals surface area contributed by atoms with Crippen molar-refractivity contribution in [3.63, 3.8) is 0 Å². The maximum absolute atomic E-state index is 11.6. The van der Waals surface area contributed by atoms with Gasteiger partial charge in [-0.2, -0.15) is 5.10 Å². The third-order valence-electron chi connectivity index (χ3n) is 2.53. The minimum absolute atomic E-state index is 0.161. The molecule has 1 amide bonds. The molecule has 0 bridgehead atoms. The van der Waals surface area contributed by atoms with Crippen LogP contribution >= 0.6 is 0 Å². The van der Waals surface area contributed by atoms with E-state index < -0.39 is 23.7 Å². The monoisotopic (exact) mass is 283 g/mol. The van der Waals surface area contributed by atoms with Crippen LogP contribution in [0.3, 0.4) is 0 Å². The minimum atomic E-state index is -1.11. The summed E-state index contributed by atoms with van der Waals surface area (Å²) in [6.07, 6.45) is 1.16. The Morgan fingerprint density at radius 1 is 1.50 bits per heavy atom. The van der Waals surface area contributed by atoms with Crippen LogP contribution in [0.1, 0.15) is 32.0 Å². The Kier molecular flexibility index (Phi) is 4.75. The van der Waals surface area contributed by atoms with E-state index in [1.807, 2.05) is 0 Å². The van der Waals surface area contributed by atoms with Crippen molar-refractivity contribution < 1.29 is 19.4 Å². The first-order valence-corrected chi connectivity index (χ1v) is 6.30. The second-order valence-electron chi connectivity index (χ2n) is 5.65. The van der Waals surface area contributed by atoms with Gasteiger partial charge in [0.15, 0.2) is 0 Å². The number of carbonyl (C=O) groups excluding carboxylic acids is 1. The molecule has 20 heavy (non-hydrogen) atoms. The molecular formula is C13H21N3O4. The van der Waals surface area contributed by atoms with Gasteiger partial charge in [0.1, 0.15) is 11.6 Å². The van der Waals surface area contributed by atoms with Gasteiger partial charge < -0.3 is 15.2 Å². The number of hydrogen-bond acceptors (Lipinski definition) is 4. The van der Waals surface area contributed by atoms with E-state index in [9.17, 15) is 14.7 Å². The Morgan fingerprint density at radius 3 is 2.50 bits per heavy atom. The lowest BCUT2D eigenvalue weighted by molar-refractivity contribution is -0.139. The summed E-state index contributed by atoms with van der Waals surface area (Å²) in [7, 11) is 1.76. The van der Waals surface area contributed by atoms with Crippen LogP contribution in [-0.4, -0.2) is 38.6 Å². The Bertz CT molecular complexity index is 502. The zero-order valence-corrected chi connectivity index (χ0v) is 12.4. The molecule has 112 valence electrons. The molecule has 1 unspecified atom stereocenters. The molecule has 0 aliphatic carbocycles. The molecule has 1 atom stereocenters. The largest absolute Gasteiger partial charge is 0.480 e. The summed E-state index contributed by atoms with van der Waals surface area (Å²) in [6.45, 7) is 6.94. The standard InChI is InChI=1S/C13H21N3O4/c1-8-9(7-16(5)15-8)6-10(11(17)18)14-12(19)20-13(2,3)4/h7,10H,6H2,1-5H3,(H,14,19)(H,17,18). The predicted octanol–water partition coefficient (Wildman–Crippen LogP) is 1.25. The van der Waals surface area contributed by atoms with Gasteiger partial charge in [0.25, 0.3) is 0 Å². The molecule has 0 saturated heterocycles. The zero-order valence-electron chi connectivity index (χ0n) is 12.4. The van der Waals surface area contributed by atoms with Crippen molar-refractivity contribution in [1.82, 2.24) is 15.1 Å². The number of aliphatic carboxylic acids is 1. The number of alkyl carbamates (subject to hydrolysis) is 1. The highest BCUT2D eigenvalue weighted by Gasteiger charge is 2.25. The minimum Gasteiger partial charge on any atom is -0.480 e. The van der Waals surface area contributed by atoms with Crippen molar-refractivity contribution in [2.75, 3.05) is 0 Å². The third kappa shape index (κ3) is 4.91. The van der Waals surface area contributed by atoms with Crippen LogP contribution in [0.15, 0.2) is 6.20 Å². The van der Waals surface area contributed by atoms with E-state index in [2.05, 4.69) is 10.4 Å². The maximum atomic E-state index is 11.6. The first kappa shape index (κ1) is 16.0. The van der Waals surface area contributed by atoms with Crippen molar-refractivity contribution in [3.8, 4) is 0 Å². The average molecular weight is 283 g/mol. The molecule has 7 heteroatoms. The molecule has 0 aromatic carbocycles. The highest BCUT2D eigenvalue weighted by atomic mass is 16.6. The summed E-state index contributed by atoms with van der Waals surface area (Å²) in [6, 6.07) is -1.05. The topological polar surface area (TPSA) is 93.5 Å². The number of amides is 1. The first-order valence-electron chi connectivity index (χ1n) is 6.30. The molecule has 7 nitrogen and oxygen atoms in total.